The van der Waals surface area contributed by atoms with Gasteiger partial charge in [0.15, 0.2) is 29.8 Å². The van der Waals surface area contributed by atoms with Crippen molar-refractivity contribution in [2.24, 2.45) is 0 Å². The topological polar surface area (TPSA) is 117 Å². The van der Waals surface area contributed by atoms with Gasteiger partial charge in [0, 0.05) is 23.4 Å². The van der Waals surface area contributed by atoms with Gasteiger partial charge in [0.2, 0.25) is 5.75 Å². The summed E-state index contributed by atoms with van der Waals surface area (Å²) in [6.07, 6.45) is 0. The third kappa shape index (κ3) is 6.00. The van der Waals surface area contributed by atoms with E-state index in [-0.39, 0.29) is 53.1 Å². The monoisotopic (exact) mass is 606 g/mol. The van der Waals surface area contributed by atoms with Crippen LogP contribution in [0.25, 0.3) is 21.9 Å². The first-order valence-electron chi connectivity index (χ1n) is 13.3. The van der Waals surface area contributed by atoms with Crippen LogP contribution in [0.3, 0.4) is 0 Å². The second-order valence-electron chi connectivity index (χ2n) is 9.20. The Hall–Kier alpha value is -5.16. The quantitative estimate of drug-likeness (QED) is 0.138. The maximum Gasteiger partial charge on any atom is 0.343 e. The molecule has 0 amide bonds. The molecule has 0 aliphatic heterocycles. The molecule has 4 aromatic rings. The fourth-order valence-corrected chi connectivity index (χ4v) is 4.93. The van der Waals surface area contributed by atoms with Gasteiger partial charge >= 0.3 is 11.9 Å². The molecule has 4 rings (SSSR count). The molecule has 0 unspecified atom stereocenters. The number of rotatable bonds is 13. The van der Waals surface area contributed by atoms with Gasteiger partial charge in [0.25, 0.3) is 0 Å². The van der Waals surface area contributed by atoms with Gasteiger partial charge in [-0.25, -0.2) is 9.59 Å². The Bertz CT molecular complexity index is 1650. The standard InChI is InChI=1S/C33H34O11/c1-36-18-44-29-21-16-24(39-4)30(40-5)31(41-6)26(21)25(20-13-14-22(37-2)23(15-20)38-3)27(32(34)42-7)28(29)33(35)43-17-19-11-9-8-10-12-19/h8-16H,17-18H2,1-7H3. The molecule has 0 saturated heterocycles. The summed E-state index contributed by atoms with van der Waals surface area (Å²) in [5, 5.41) is 0.712. The van der Waals surface area contributed by atoms with E-state index >= 15 is 0 Å². The Labute approximate surface area is 255 Å². The molecule has 0 saturated carbocycles. The first-order valence-corrected chi connectivity index (χ1v) is 13.3. The van der Waals surface area contributed by atoms with Gasteiger partial charge < -0.3 is 42.6 Å². The smallest absolute Gasteiger partial charge is 0.343 e. The lowest BCUT2D eigenvalue weighted by Crippen LogP contribution is -2.18. The van der Waals surface area contributed by atoms with Crippen molar-refractivity contribution in [3.8, 4) is 45.6 Å². The van der Waals surface area contributed by atoms with E-state index in [4.69, 9.17) is 42.6 Å². The van der Waals surface area contributed by atoms with Crippen molar-refractivity contribution in [3.63, 3.8) is 0 Å². The molecule has 44 heavy (non-hydrogen) atoms. The summed E-state index contributed by atoms with van der Waals surface area (Å²) in [6, 6.07) is 15.8. The summed E-state index contributed by atoms with van der Waals surface area (Å²) in [5.74, 6) is -0.105. The molecular formula is C33H34O11. The summed E-state index contributed by atoms with van der Waals surface area (Å²) >= 11 is 0. The Morgan fingerprint density at radius 3 is 1.91 bits per heavy atom. The van der Waals surface area contributed by atoms with E-state index in [2.05, 4.69) is 0 Å². The average Bonchev–Trinajstić information content (AvgIpc) is 3.07. The first kappa shape index (κ1) is 31.8. The third-order valence-electron chi connectivity index (χ3n) is 6.85. The van der Waals surface area contributed by atoms with Crippen LogP contribution in [-0.2, 0) is 20.8 Å². The average molecular weight is 607 g/mol. The van der Waals surface area contributed by atoms with E-state index in [9.17, 15) is 9.59 Å². The summed E-state index contributed by atoms with van der Waals surface area (Å²) in [4.78, 5) is 27.8. The van der Waals surface area contributed by atoms with E-state index in [0.717, 1.165) is 5.56 Å². The Kier molecular flexibility index (Phi) is 10.4. The molecule has 11 nitrogen and oxygen atoms in total. The minimum absolute atomic E-state index is 0.0104. The molecule has 232 valence electrons. The van der Waals surface area contributed by atoms with Crippen LogP contribution in [0, 0.1) is 0 Å². The number of benzene rings is 4. The van der Waals surface area contributed by atoms with Crippen LogP contribution in [0.2, 0.25) is 0 Å². The van der Waals surface area contributed by atoms with Gasteiger partial charge in [-0.1, -0.05) is 36.4 Å². The van der Waals surface area contributed by atoms with Crippen molar-refractivity contribution in [3.05, 3.63) is 71.3 Å². The fourth-order valence-electron chi connectivity index (χ4n) is 4.93. The Morgan fingerprint density at radius 2 is 1.32 bits per heavy atom. The minimum atomic E-state index is -0.835. The molecule has 0 spiro atoms. The lowest BCUT2D eigenvalue weighted by molar-refractivity contribution is 0.0400. The van der Waals surface area contributed by atoms with Crippen LogP contribution in [0.1, 0.15) is 26.3 Å². The predicted molar refractivity (Wildman–Crippen MR) is 162 cm³/mol. The van der Waals surface area contributed by atoms with Gasteiger partial charge in [0.1, 0.15) is 17.9 Å². The lowest BCUT2D eigenvalue weighted by Gasteiger charge is -2.24. The van der Waals surface area contributed by atoms with E-state index in [1.807, 2.05) is 30.3 Å². The number of ether oxygens (including phenoxy) is 9. The fraction of sp³-hybridized carbons (Fsp3) is 0.273. The molecule has 0 fully saturated rings. The highest BCUT2D eigenvalue weighted by Crippen LogP contribution is 2.53. The molecule has 0 radical (unpaired) electrons. The first-order chi connectivity index (χ1) is 21.4. The molecule has 4 aromatic carbocycles. The lowest BCUT2D eigenvalue weighted by atomic mass is 9.87. The number of fused-ring (bicyclic) bond motifs is 1. The van der Waals surface area contributed by atoms with Gasteiger partial charge in [-0.15, -0.1) is 0 Å². The summed E-state index contributed by atoms with van der Waals surface area (Å²) in [6.45, 7) is -0.329. The molecule has 0 aliphatic carbocycles. The van der Waals surface area contributed by atoms with Crippen LogP contribution >= 0.6 is 0 Å². The highest BCUT2D eigenvalue weighted by atomic mass is 16.7. The number of esters is 2. The van der Waals surface area contributed by atoms with E-state index in [0.29, 0.717) is 27.8 Å². The van der Waals surface area contributed by atoms with Crippen molar-refractivity contribution in [2.45, 2.75) is 6.61 Å². The van der Waals surface area contributed by atoms with Gasteiger partial charge in [-0.2, -0.15) is 0 Å². The molecule has 0 heterocycles. The molecule has 0 bridgehead atoms. The Morgan fingerprint density at radius 1 is 0.636 bits per heavy atom. The number of carbonyl (C=O) groups excluding carboxylic acids is 2. The zero-order chi connectivity index (χ0) is 31.8. The summed E-state index contributed by atoms with van der Waals surface area (Å²) in [5.41, 5.74) is 1.16. The van der Waals surface area contributed by atoms with Crippen LogP contribution in [-0.4, -0.2) is 68.5 Å². The molecule has 0 atom stereocenters. The maximum atomic E-state index is 14.0. The van der Waals surface area contributed by atoms with Crippen molar-refractivity contribution in [1.29, 1.82) is 0 Å². The third-order valence-corrected chi connectivity index (χ3v) is 6.85. The van der Waals surface area contributed by atoms with Gasteiger partial charge in [-0.05, 0) is 29.3 Å². The normalized spacial score (nSPS) is 10.6. The number of methoxy groups -OCH3 is 7. The number of carbonyl (C=O) groups is 2. The number of hydrogen-bond acceptors (Lipinski definition) is 11. The van der Waals surface area contributed by atoms with Crippen LogP contribution in [0.5, 0.6) is 34.5 Å². The number of hydrogen-bond donors (Lipinski definition) is 0. The summed E-state index contributed by atoms with van der Waals surface area (Å²) in [7, 11) is 10.0. The van der Waals surface area contributed by atoms with Crippen molar-refractivity contribution in [1.82, 2.24) is 0 Å². The second kappa shape index (κ2) is 14.3. The zero-order valence-corrected chi connectivity index (χ0v) is 25.6. The van der Waals surface area contributed by atoms with Crippen molar-refractivity contribution in [2.75, 3.05) is 56.6 Å². The second-order valence-corrected chi connectivity index (χ2v) is 9.20. The predicted octanol–water partition coefficient (Wildman–Crippen LogP) is 5.68. The van der Waals surface area contributed by atoms with Crippen LogP contribution < -0.4 is 28.4 Å². The molecule has 11 heteroatoms. The van der Waals surface area contributed by atoms with Crippen LogP contribution in [0.4, 0.5) is 0 Å². The van der Waals surface area contributed by atoms with Crippen LogP contribution in [0.15, 0.2) is 54.6 Å². The van der Waals surface area contributed by atoms with E-state index in [1.54, 1.807) is 24.3 Å². The Balaban J connectivity index is 2.22. The zero-order valence-electron chi connectivity index (χ0n) is 25.6. The maximum absolute atomic E-state index is 14.0. The van der Waals surface area contributed by atoms with E-state index < -0.39 is 11.9 Å². The minimum Gasteiger partial charge on any atom is -0.493 e. The van der Waals surface area contributed by atoms with Gasteiger partial charge in [-0.3, -0.25) is 0 Å². The highest BCUT2D eigenvalue weighted by molar-refractivity contribution is 6.20. The van der Waals surface area contributed by atoms with E-state index in [1.165, 1.54) is 49.8 Å². The molecule has 0 aromatic heterocycles. The van der Waals surface area contributed by atoms with Gasteiger partial charge in [0.05, 0.1) is 48.2 Å². The molecular weight excluding hydrogens is 572 g/mol. The summed E-state index contributed by atoms with van der Waals surface area (Å²) < 4.78 is 50.4. The molecule has 0 aliphatic rings. The largest absolute Gasteiger partial charge is 0.493 e. The molecule has 0 N–H and O–H groups in total. The van der Waals surface area contributed by atoms with Crippen molar-refractivity contribution >= 4 is 22.7 Å². The van der Waals surface area contributed by atoms with Crippen molar-refractivity contribution < 1.29 is 52.2 Å². The highest BCUT2D eigenvalue weighted by Gasteiger charge is 2.35. The SMILES string of the molecule is COCOc1c(C(=O)OCc2ccccc2)c(C(=O)OC)c(-c2ccc(OC)c(OC)c2)c2c(OC)c(OC)c(OC)cc12.